The molecule has 3 amide bonds. The summed E-state index contributed by atoms with van der Waals surface area (Å²) >= 11 is 23.9. The Balaban J connectivity index is 1.96. The molecule has 184 valence electrons. The van der Waals surface area contributed by atoms with Gasteiger partial charge in [0, 0.05) is 31.9 Å². The van der Waals surface area contributed by atoms with Crippen molar-refractivity contribution < 1.29 is 18.0 Å². The average molecular weight is 569 g/mol. The lowest BCUT2D eigenvalue weighted by atomic mass is 10.2. The van der Waals surface area contributed by atoms with Crippen molar-refractivity contribution in [2.45, 2.75) is 17.5 Å². The fraction of sp³-hybridized carbons (Fsp3) is 0.300. The monoisotopic (exact) mass is 567 g/mol. The van der Waals surface area contributed by atoms with Crippen LogP contribution in [0.1, 0.15) is 6.42 Å². The molecule has 0 bridgehead atoms. The second kappa shape index (κ2) is 11.3. The molecule has 1 atom stereocenters. The van der Waals surface area contributed by atoms with E-state index in [9.17, 15) is 18.0 Å². The van der Waals surface area contributed by atoms with Gasteiger partial charge in [-0.2, -0.15) is 4.31 Å². The molecular weight excluding hydrogens is 548 g/mol. The minimum atomic E-state index is -4.23. The Labute approximate surface area is 217 Å². The van der Waals surface area contributed by atoms with Crippen LogP contribution < -0.4 is 16.4 Å². The van der Waals surface area contributed by atoms with Gasteiger partial charge in [0.1, 0.15) is 0 Å². The van der Waals surface area contributed by atoms with Gasteiger partial charge in [-0.1, -0.05) is 46.4 Å². The summed E-state index contributed by atoms with van der Waals surface area (Å²) in [5.41, 5.74) is 5.81. The van der Waals surface area contributed by atoms with Crippen molar-refractivity contribution in [3.63, 3.8) is 0 Å². The predicted molar refractivity (Wildman–Crippen MR) is 133 cm³/mol. The number of nitrogens with two attached hydrogens (primary N) is 1. The molecule has 34 heavy (non-hydrogen) atoms. The van der Waals surface area contributed by atoms with Gasteiger partial charge in [-0.15, -0.1) is 0 Å². The number of hydrogen-bond donors (Lipinski definition) is 3. The number of sulfonamides is 1. The first-order valence-electron chi connectivity index (χ1n) is 10.0. The lowest BCUT2D eigenvalue weighted by Gasteiger charge is -2.41. The number of rotatable bonds is 6. The fourth-order valence-electron chi connectivity index (χ4n) is 3.36. The summed E-state index contributed by atoms with van der Waals surface area (Å²) in [6.07, 6.45) is -1.18. The maximum absolute atomic E-state index is 13.5. The van der Waals surface area contributed by atoms with Crippen molar-refractivity contribution in [3.05, 3.63) is 56.5 Å². The Morgan fingerprint density at radius 3 is 2.24 bits per heavy atom. The first-order chi connectivity index (χ1) is 16.1. The van der Waals surface area contributed by atoms with E-state index in [0.717, 1.165) is 9.21 Å². The highest BCUT2D eigenvalue weighted by Gasteiger charge is 2.44. The number of nitrogens with zero attached hydrogens (tertiary/aromatic N) is 2. The molecule has 1 unspecified atom stereocenters. The van der Waals surface area contributed by atoms with Crippen molar-refractivity contribution in [2.24, 2.45) is 5.73 Å². The number of carbonyl (C=O) groups is 2. The number of urea groups is 1. The molecule has 1 heterocycles. The van der Waals surface area contributed by atoms with Crippen LogP contribution in [0.2, 0.25) is 20.1 Å². The average Bonchev–Trinajstić information content (AvgIpc) is 2.81. The summed E-state index contributed by atoms with van der Waals surface area (Å²) in [6, 6.07) is 7.61. The van der Waals surface area contributed by atoms with Crippen LogP contribution in [0.4, 0.5) is 10.5 Å². The Morgan fingerprint density at radius 2 is 1.62 bits per heavy atom. The summed E-state index contributed by atoms with van der Waals surface area (Å²) in [4.78, 5) is 27.2. The summed E-state index contributed by atoms with van der Waals surface area (Å²) in [7, 11) is -4.23. The van der Waals surface area contributed by atoms with Gasteiger partial charge in [0.05, 0.1) is 25.0 Å². The zero-order valence-corrected chi connectivity index (χ0v) is 21.4. The molecule has 3 rings (SSSR count). The number of nitrogens with one attached hydrogen (secondary N) is 2. The normalized spacial score (nSPS) is 16.9. The first-order valence-corrected chi connectivity index (χ1v) is 13.0. The van der Waals surface area contributed by atoms with Gasteiger partial charge >= 0.3 is 6.03 Å². The molecule has 1 fully saturated rings. The lowest BCUT2D eigenvalue weighted by molar-refractivity contribution is -0.130. The summed E-state index contributed by atoms with van der Waals surface area (Å²) < 4.78 is 27.9. The number of carbonyl (C=O) groups excluding carboxylic acids is 2. The van der Waals surface area contributed by atoms with Crippen LogP contribution in [0, 0.1) is 0 Å². The number of anilines is 1. The lowest BCUT2D eigenvalue weighted by Crippen LogP contribution is -2.64. The first kappa shape index (κ1) is 26.8. The standard InChI is InChI=1S/C20H21Cl4N5O4S/c21-14-4-2-12(10-16(14)23)27-20(31)28-8-1-9-29(19(28)18(30)26-7-6-25)34(32,33)13-3-5-15(22)17(24)11-13/h2-5,10-11,19H,1,6-9,25H2,(H,26,30)(H,27,31). The van der Waals surface area contributed by atoms with E-state index in [1.54, 1.807) is 0 Å². The van der Waals surface area contributed by atoms with Crippen LogP contribution in [-0.2, 0) is 14.8 Å². The van der Waals surface area contributed by atoms with Gasteiger partial charge in [-0.3, -0.25) is 9.69 Å². The Bertz CT molecular complexity index is 1200. The van der Waals surface area contributed by atoms with Gasteiger partial charge in [-0.25, -0.2) is 13.2 Å². The molecule has 14 heteroatoms. The minimum Gasteiger partial charge on any atom is -0.352 e. The van der Waals surface area contributed by atoms with Crippen LogP contribution in [0.3, 0.4) is 0 Å². The third-order valence-electron chi connectivity index (χ3n) is 4.95. The maximum Gasteiger partial charge on any atom is 0.323 e. The van der Waals surface area contributed by atoms with Crippen LogP contribution in [0.5, 0.6) is 0 Å². The zero-order valence-electron chi connectivity index (χ0n) is 17.6. The van der Waals surface area contributed by atoms with E-state index in [-0.39, 0.29) is 52.6 Å². The Hall–Kier alpha value is -1.79. The quantitative estimate of drug-likeness (QED) is 0.490. The van der Waals surface area contributed by atoms with Crippen LogP contribution in [0.25, 0.3) is 0 Å². The topological polar surface area (TPSA) is 125 Å². The fourth-order valence-corrected chi connectivity index (χ4v) is 5.64. The van der Waals surface area contributed by atoms with Crippen LogP contribution in [-0.4, -0.2) is 61.9 Å². The highest BCUT2D eigenvalue weighted by atomic mass is 35.5. The third kappa shape index (κ3) is 5.88. The molecule has 0 aromatic heterocycles. The highest BCUT2D eigenvalue weighted by molar-refractivity contribution is 7.89. The minimum absolute atomic E-state index is 0.000155. The molecule has 1 saturated heterocycles. The number of amides is 3. The van der Waals surface area contributed by atoms with Gasteiger partial charge in [-0.05, 0) is 42.8 Å². The summed E-state index contributed by atoms with van der Waals surface area (Å²) in [6.45, 7) is 0.354. The molecule has 0 aliphatic carbocycles. The second-order valence-electron chi connectivity index (χ2n) is 7.25. The molecular formula is C20H21Cl4N5O4S. The molecule has 9 nitrogen and oxygen atoms in total. The zero-order chi connectivity index (χ0) is 25.0. The number of hydrogen-bond acceptors (Lipinski definition) is 5. The molecule has 2 aromatic rings. The highest BCUT2D eigenvalue weighted by Crippen LogP contribution is 2.30. The van der Waals surface area contributed by atoms with E-state index in [4.69, 9.17) is 52.1 Å². The van der Waals surface area contributed by atoms with Gasteiger partial charge < -0.3 is 16.4 Å². The molecule has 1 aliphatic rings. The second-order valence-corrected chi connectivity index (χ2v) is 10.8. The van der Waals surface area contributed by atoms with Crippen molar-refractivity contribution in [3.8, 4) is 0 Å². The van der Waals surface area contributed by atoms with E-state index in [0.29, 0.717) is 10.7 Å². The molecule has 0 radical (unpaired) electrons. The van der Waals surface area contributed by atoms with Crippen molar-refractivity contribution in [2.75, 3.05) is 31.5 Å². The number of benzene rings is 2. The van der Waals surface area contributed by atoms with E-state index >= 15 is 0 Å². The Kier molecular flexibility index (Phi) is 8.91. The SMILES string of the molecule is NCCNC(=O)C1N(C(=O)Nc2ccc(Cl)c(Cl)c2)CCCN1S(=O)(=O)c1ccc(Cl)c(Cl)c1. The van der Waals surface area contributed by atoms with Crippen LogP contribution >= 0.6 is 46.4 Å². The smallest absolute Gasteiger partial charge is 0.323 e. The molecule has 0 spiro atoms. The van der Waals surface area contributed by atoms with E-state index in [1.807, 2.05) is 0 Å². The van der Waals surface area contributed by atoms with Crippen molar-refractivity contribution in [1.82, 2.24) is 14.5 Å². The van der Waals surface area contributed by atoms with Gasteiger partial charge in [0.25, 0.3) is 5.91 Å². The summed E-state index contributed by atoms with van der Waals surface area (Å²) in [5, 5.41) is 5.93. The van der Waals surface area contributed by atoms with E-state index in [1.165, 1.54) is 36.4 Å². The molecule has 2 aromatic carbocycles. The van der Waals surface area contributed by atoms with Crippen molar-refractivity contribution in [1.29, 1.82) is 0 Å². The molecule has 0 saturated carbocycles. The molecule has 4 N–H and O–H groups in total. The number of halogens is 4. The van der Waals surface area contributed by atoms with Crippen molar-refractivity contribution >= 4 is 74.1 Å². The predicted octanol–water partition coefficient (Wildman–Crippen LogP) is 3.63. The molecule has 1 aliphatic heterocycles. The van der Waals surface area contributed by atoms with Gasteiger partial charge in [0.15, 0.2) is 6.17 Å². The largest absolute Gasteiger partial charge is 0.352 e. The van der Waals surface area contributed by atoms with Crippen LogP contribution in [0.15, 0.2) is 41.3 Å². The Morgan fingerprint density at radius 1 is 0.971 bits per heavy atom. The maximum atomic E-state index is 13.5. The third-order valence-corrected chi connectivity index (χ3v) is 8.28. The van der Waals surface area contributed by atoms with Gasteiger partial charge in [0.2, 0.25) is 10.0 Å². The summed E-state index contributed by atoms with van der Waals surface area (Å²) in [5.74, 6) is -0.696. The van der Waals surface area contributed by atoms with E-state index < -0.39 is 28.1 Å². The van der Waals surface area contributed by atoms with E-state index in [2.05, 4.69) is 10.6 Å².